The SMILES string of the molecule is COc1cc2c(cc1S(=O)(=O)N[C@H](CC(C)C)c1ccccc1)CCCC2. The summed E-state index contributed by atoms with van der Waals surface area (Å²) in [6.45, 7) is 4.20. The van der Waals surface area contributed by atoms with Gasteiger partial charge in [0.2, 0.25) is 10.0 Å². The van der Waals surface area contributed by atoms with E-state index < -0.39 is 10.0 Å². The van der Waals surface area contributed by atoms with Crippen LogP contribution in [-0.2, 0) is 22.9 Å². The molecule has 0 unspecified atom stereocenters. The summed E-state index contributed by atoms with van der Waals surface area (Å²) in [6, 6.07) is 13.2. The van der Waals surface area contributed by atoms with Crippen LogP contribution in [0.4, 0.5) is 0 Å². The van der Waals surface area contributed by atoms with Gasteiger partial charge in [-0.1, -0.05) is 44.2 Å². The summed E-state index contributed by atoms with van der Waals surface area (Å²) in [6.07, 6.45) is 4.89. The van der Waals surface area contributed by atoms with E-state index in [2.05, 4.69) is 18.6 Å². The van der Waals surface area contributed by atoms with E-state index in [1.807, 2.05) is 42.5 Å². The maximum Gasteiger partial charge on any atom is 0.244 e. The normalized spacial score (nSPS) is 15.4. The number of ether oxygens (including phenoxy) is 1. The smallest absolute Gasteiger partial charge is 0.244 e. The lowest BCUT2D eigenvalue weighted by molar-refractivity contribution is 0.399. The third-order valence-electron chi connectivity index (χ3n) is 5.12. The first kappa shape index (κ1) is 19.9. The molecule has 0 aromatic heterocycles. The average molecular weight is 388 g/mol. The van der Waals surface area contributed by atoms with Crippen molar-refractivity contribution in [2.45, 2.75) is 56.9 Å². The molecule has 5 heteroatoms. The van der Waals surface area contributed by atoms with Gasteiger partial charge in [-0.2, -0.15) is 0 Å². The van der Waals surface area contributed by atoms with Crippen molar-refractivity contribution in [2.24, 2.45) is 5.92 Å². The van der Waals surface area contributed by atoms with Crippen LogP contribution in [0.15, 0.2) is 47.4 Å². The highest BCUT2D eigenvalue weighted by Gasteiger charge is 2.27. The number of benzene rings is 2. The summed E-state index contributed by atoms with van der Waals surface area (Å²) in [5, 5.41) is 0. The molecule has 0 fully saturated rings. The summed E-state index contributed by atoms with van der Waals surface area (Å²) in [4.78, 5) is 0.246. The van der Waals surface area contributed by atoms with Gasteiger partial charge in [0.15, 0.2) is 0 Å². The molecule has 2 aromatic carbocycles. The van der Waals surface area contributed by atoms with Crippen LogP contribution in [0, 0.1) is 5.92 Å². The summed E-state index contributed by atoms with van der Waals surface area (Å²) < 4.78 is 34.9. The lowest BCUT2D eigenvalue weighted by Gasteiger charge is -2.23. The second-order valence-corrected chi connectivity index (χ2v) is 9.38. The number of nitrogens with one attached hydrogen (secondary N) is 1. The summed E-state index contributed by atoms with van der Waals surface area (Å²) in [7, 11) is -2.17. The van der Waals surface area contributed by atoms with Crippen molar-refractivity contribution >= 4 is 10.0 Å². The number of methoxy groups -OCH3 is 1. The van der Waals surface area contributed by atoms with E-state index >= 15 is 0 Å². The zero-order valence-corrected chi connectivity index (χ0v) is 17.2. The number of hydrogen-bond donors (Lipinski definition) is 1. The number of fused-ring (bicyclic) bond motifs is 1. The van der Waals surface area contributed by atoms with E-state index in [1.165, 1.54) is 12.7 Å². The first-order chi connectivity index (χ1) is 12.9. The molecule has 0 bridgehead atoms. The van der Waals surface area contributed by atoms with Crippen LogP contribution in [0.1, 0.15) is 55.8 Å². The molecule has 2 aromatic rings. The third-order valence-corrected chi connectivity index (χ3v) is 6.62. The molecule has 1 aliphatic rings. The fraction of sp³-hybridized carbons (Fsp3) is 0.455. The second kappa shape index (κ2) is 8.44. The van der Waals surface area contributed by atoms with Gasteiger partial charge >= 0.3 is 0 Å². The molecule has 1 N–H and O–H groups in total. The van der Waals surface area contributed by atoms with Crippen LogP contribution >= 0.6 is 0 Å². The minimum atomic E-state index is -3.70. The monoisotopic (exact) mass is 387 g/mol. The highest BCUT2D eigenvalue weighted by molar-refractivity contribution is 7.89. The van der Waals surface area contributed by atoms with Crippen molar-refractivity contribution in [2.75, 3.05) is 7.11 Å². The molecular weight excluding hydrogens is 358 g/mol. The van der Waals surface area contributed by atoms with Crippen LogP contribution in [0.3, 0.4) is 0 Å². The highest BCUT2D eigenvalue weighted by atomic mass is 32.2. The van der Waals surface area contributed by atoms with Crippen LogP contribution < -0.4 is 9.46 Å². The minimum Gasteiger partial charge on any atom is -0.495 e. The van der Waals surface area contributed by atoms with Gasteiger partial charge in [-0.15, -0.1) is 0 Å². The van der Waals surface area contributed by atoms with Gasteiger partial charge in [0.25, 0.3) is 0 Å². The van der Waals surface area contributed by atoms with E-state index in [0.717, 1.165) is 43.2 Å². The van der Waals surface area contributed by atoms with Crippen molar-refractivity contribution in [3.8, 4) is 5.75 Å². The minimum absolute atomic E-state index is 0.246. The number of hydrogen-bond acceptors (Lipinski definition) is 3. The Bertz CT molecular complexity index is 876. The largest absolute Gasteiger partial charge is 0.495 e. The van der Waals surface area contributed by atoms with E-state index in [0.29, 0.717) is 11.7 Å². The standard InChI is InChI=1S/C22H29NO3S/c1-16(2)13-20(17-9-5-4-6-10-17)23-27(24,25)22-15-19-12-8-7-11-18(19)14-21(22)26-3/h4-6,9-10,14-16,20,23H,7-8,11-13H2,1-3H3/t20-/m1/s1. The molecular formula is C22H29NO3S. The Balaban J connectivity index is 1.97. The average Bonchev–Trinajstić information content (AvgIpc) is 2.66. The number of sulfonamides is 1. The van der Waals surface area contributed by atoms with E-state index in [-0.39, 0.29) is 10.9 Å². The van der Waals surface area contributed by atoms with Crippen LogP contribution in [-0.4, -0.2) is 15.5 Å². The van der Waals surface area contributed by atoms with Crippen molar-refractivity contribution in [3.63, 3.8) is 0 Å². The Kier molecular flexibility index (Phi) is 6.22. The molecule has 0 heterocycles. The van der Waals surface area contributed by atoms with Gasteiger partial charge in [-0.3, -0.25) is 0 Å². The maximum atomic E-state index is 13.3. The molecule has 1 aliphatic carbocycles. The van der Waals surface area contributed by atoms with Gasteiger partial charge in [0.05, 0.1) is 7.11 Å². The first-order valence-corrected chi connectivity index (χ1v) is 11.2. The lowest BCUT2D eigenvalue weighted by atomic mass is 9.92. The second-order valence-electron chi connectivity index (χ2n) is 7.69. The molecule has 1 atom stereocenters. The van der Waals surface area contributed by atoms with Crippen molar-refractivity contribution in [1.29, 1.82) is 0 Å². The Morgan fingerprint density at radius 1 is 1.04 bits per heavy atom. The zero-order chi connectivity index (χ0) is 19.4. The molecule has 0 spiro atoms. The van der Waals surface area contributed by atoms with Gasteiger partial charge < -0.3 is 4.74 Å². The van der Waals surface area contributed by atoms with Gasteiger partial charge in [0, 0.05) is 6.04 Å². The van der Waals surface area contributed by atoms with Crippen LogP contribution in [0.5, 0.6) is 5.75 Å². The van der Waals surface area contributed by atoms with Gasteiger partial charge in [-0.25, -0.2) is 13.1 Å². The first-order valence-electron chi connectivity index (χ1n) is 9.67. The Morgan fingerprint density at radius 3 is 2.26 bits per heavy atom. The number of rotatable bonds is 7. The molecule has 0 saturated heterocycles. The van der Waals surface area contributed by atoms with Gasteiger partial charge in [-0.05, 0) is 66.8 Å². The van der Waals surface area contributed by atoms with Gasteiger partial charge in [0.1, 0.15) is 10.6 Å². The predicted molar refractivity (Wildman–Crippen MR) is 109 cm³/mol. The Hall–Kier alpha value is -1.85. The molecule has 146 valence electrons. The Labute approximate surface area is 163 Å². The van der Waals surface area contributed by atoms with E-state index in [9.17, 15) is 8.42 Å². The highest BCUT2D eigenvalue weighted by Crippen LogP contribution is 2.33. The number of aryl methyl sites for hydroxylation is 2. The molecule has 0 amide bonds. The topological polar surface area (TPSA) is 55.4 Å². The third kappa shape index (κ3) is 4.71. The summed E-state index contributed by atoms with van der Waals surface area (Å²) in [5.41, 5.74) is 3.31. The van der Waals surface area contributed by atoms with Crippen molar-refractivity contribution in [1.82, 2.24) is 4.72 Å². The van der Waals surface area contributed by atoms with E-state index in [4.69, 9.17) is 4.74 Å². The molecule has 27 heavy (non-hydrogen) atoms. The Morgan fingerprint density at radius 2 is 1.67 bits per heavy atom. The molecule has 4 nitrogen and oxygen atoms in total. The van der Waals surface area contributed by atoms with Crippen LogP contribution in [0.25, 0.3) is 0 Å². The predicted octanol–water partition coefficient (Wildman–Crippen LogP) is 4.64. The summed E-state index contributed by atoms with van der Waals surface area (Å²) >= 11 is 0. The quantitative estimate of drug-likeness (QED) is 0.753. The van der Waals surface area contributed by atoms with Crippen molar-refractivity contribution < 1.29 is 13.2 Å². The van der Waals surface area contributed by atoms with E-state index in [1.54, 1.807) is 0 Å². The fourth-order valence-electron chi connectivity index (χ4n) is 3.77. The molecule has 0 saturated carbocycles. The molecule has 3 rings (SSSR count). The van der Waals surface area contributed by atoms with Crippen LogP contribution in [0.2, 0.25) is 0 Å². The zero-order valence-electron chi connectivity index (χ0n) is 16.4. The molecule has 0 aliphatic heterocycles. The molecule has 0 radical (unpaired) electrons. The summed E-state index contributed by atoms with van der Waals surface area (Å²) in [5.74, 6) is 0.794. The fourth-order valence-corrected chi connectivity index (χ4v) is 5.21. The maximum absolute atomic E-state index is 13.3. The van der Waals surface area contributed by atoms with Crippen molar-refractivity contribution in [3.05, 3.63) is 59.2 Å². The lowest BCUT2D eigenvalue weighted by Crippen LogP contribution is -2.30.